The van der Waals surface area contributed by atoms with Gasteiger partial charge in [-0.05, 0) is 53.4 Å². The number of benzene rings is 3. The molecule has 5 rings (SSSR count). The number of ether oxygens (including phenoxy) is 1. The summed E-state index contributed by atoms with van der Waals surface area (Å²) < 4.78 is 5.53. The summed E-state index contributed by atoms with van der Waals surface area (Å²) >= 11 is 0. The van der Waals surface area contributed by atoms with Crippen molar-refractivity contribution in [1.82, 2.24) is 9.88 Å². The largest absolute Gasteiger partial charge is 0.497 e. The Bertz CT molecular complexity index is 1260. The highest BCUT2D eigenvalue weighted by Crippen LogP contribution is 2.39. The lowest BCUT2D eigenvalue weighted by atomic mass is 9.92. The van der Waals surface area contributed by atoms with Crippen LogP contribution < -0.4 is 10.1 Å². The molecule has 0 bridgehead atoms. The molecule has 0 saturated carbocycles. The molecule has 0 radical (unpaired) electrons. The molecule has 3 aromatic carbocycles. The molecule has 0 fully saturated rings. The van der Waals surface area contributed by atoms with E-state index in [4.69, 9.17) is 4.74 Å². The predicted octanol–water partition coefficient (Wildman–Crippen LogP) is 5.28. The van der Waals surface area contributed by atoms with E-state index in [1.165, 1.54) is 40.2 Å². The number of nitrogens with one attached hydrogen (secondary N) is 2. The van der Waals surface area contributed by atoms with Crippen LogP contribution in [-0.4, -0.2) is 29.4 Å². The van der Waals surface area contributed by atoms with Gasteiger partial charge in [-0.15, -0.1) is 0 Å². The Hall–Kier alpha value is -3.57. The number of fused-ring (bicyclic) bond motifs is 3. The van der Waals surface area contributed by atoms with Crippen molar-refractivity contribution in [3.05, 3.63) is 95.2 Å². The zero-order valence-electron chi connectivity index (χ0n) is 18.4. The van der Waals surface area contributed by atoms with E-state index >= 15 is 0 Å². The summed E-state index contributed by atoms with van der Waals surface area (Å²) in [5.74, 6) is 0.809. The topological polar surface area (TPSA) is 57.4 Å². The summed E-state index contributed by atoms with van der Waals surface area (Å²) in [5, 5.41) is 4.15. The molecule has 0 spiro atoms. The fourth-order valence-electron chi connectivity index (χ4n) is 4.78. The van der Waals surface area contributed by atoms with Gasteiger partial charge in [0, 0.05) is 42.3 Å². The molecule has 0 aliphatic carbocycles. The van der Waals surface area contributed by atoms with E-state index in [2.05, 4.69) is 69.8 Å². The number of aromatic nitrogens is 1. The maximum absolute atomic E-state index is 11.3. The number of amides is 1. The number of nitrogens with zero attached hydrogens (tertiary/aromatic N) is 1. The summed E-state index contributed by atoms with van der Waals surface area (Å²) in [6, 6.07) is 25.2. The number of H-pyrrole nitrogens is 1. The first-order chi connectivity index (χ1) is 15.6. The van der Waals surface area contributed by atoms with Crippen molar-refractivity contribution in [2.24, 2.45) is 0 Å². The number of methoxy groups -OCH3 is 1. The lowest BCUT2D eigenvalue weighted by molar-refractivity contribution is -0.114. The van der Waals surface area contributed by atoms with Gasteiger partial charge < -0.3 is 15.0 Å². The van der Waals surface area contributed by atoms with E-state index in [0.717, 1.165) is 30.9 Å². The Morgan fingerprint density at radius 3 is 2.69 bits per heavy atom. The molecule has 1 unspecified atom stereocenters. The van der Waals surface area contributed by atoms with E-state index in [9.17, 15) is 4.79 Å². The maximum Gasteiger partial charge on any atom is 0.221 e. The van der Waals surface area contributed by atoms with Crippen molar-refractivity contribution >= 4 is 22.5 Å². The van der Waals surface area contributed by atoms with Crippen LogP contribution in [0.4, 0.5) is 5.69 Å². The molecule has 5 nitrogen and oxygen atoms in total. The van der Waals surface area contributed by atoms with Gasteiger partial charge in [-0.1, -0.05) is 42.5 Å². The quantitative estimate of drug-likeness (QED) is 0.457. The first kappa shape index (κ1) is 20.3. The monoisotopic (exact) mass is 425 g/mol. The smallest absolute Gasteiger partial charge is 0.221 e. The second-order valence-corrected chi connectivity index (χ2v) is 8.34. The highest BCUT2D eigenvalue weighted by molar-refractivity contribution is 5.88. The van der Waals surface area contributed by atoms with Crippen molar-refractivity contribution in [3.8, 4) is 5.75 Å². The Labute approximate surface area is 188 Å². The zero-order chi connectivity index (χ0) is 22.1. The Kier molecular flexibility index (Phi) is 5.41. The molecule has 1 aliphatic heterocycles. The summed E-state index contributed by atoms with van der Waals surface area (Å²) in [5.41, 5.74) is 7.11. The zero-order valence-corrected chi connectivity index (χ0v) is 18.4. The number of hydrogen-bond acceptors (Lipinski definition) is 3. The Morgan fingerprint density at radius 1 is 1.09 bits per heavy atom. The van der Waals surface area contributed by atoms with Crippen LogP contribution in [0.1, 0.15) is 35.3 Å². The molecule has 4 aromatic rings. The summed E-state index contributed by atoms with van der Waals surface area (Å²) in [6.07, 6.45) is 1.00. The fraction of sp³-hybridized carbons (Fsp3) is 0.222. The standard InChI is InChI=1S/C27H27N3O2/c1-18(31)28-21-12-10-19(11-13-21)17-30-15-14-24-23-8-3-4-9-25(23)29-26(24)27(30)20-6-5-7-22(16-20)32-2/h3-13,16,27,29H,14-15,17H2,1-2H3,(H,28,31). The highest BCUT2D eigenvalue weighted by atomic mass is 16.5. The Morgan fingerprint density at radius 2 is 1.91 bits per heavy atom. The van der Waals surface area contributed by atoms with Gasteiger partial charge in [0.15, 0.2) is 0 Å². The average molecular weight is 426 g/mol. The van der Waals surface area contributed by atoms with Crippen molar-refractivity contribution in [1.29, 1.82) is 0 Å². The van der Waals surface area contributed by atoms with Gasteiger partial charge in [0.1, 0.15) is 5.75 Å². The van der Waals surface area contributed by atoms with Crippen molar-refractivity contribution in [2.75, 3.05) is 19.0 Å². The minimum atomic E-state index is -0.0572. The van der Waals surface area contributed by atoms with Gasteiger partial charge in [-0.25, -0.2) is 0 Å². The van der Waals surface area contributed by atoms with Gasteiger partial charge in [0.25, 0.3) is 0 Å². The maximum atomic E-state index is 11.3. The van der Waals surface area contributed by atoms with E-state index in [1.807, 2.05) is 18.2 Å². The number of aromatic amines is 1. The number of carbonyl (C=O) groups is 1. The number of hydrogen-bond donors (Lipinski definition) is 2. The molecule has 1 amide bonds. The van der Waals surface area contributed by atoms with E-state index in [-0.39, 0.29) is 11.9 Å². The molecule has 1 aliphatic rings. The third-order valence-corrected chi connectivity index (χ3v) is 6.20. The third-order valence-electron chi connectivity index (χ3n) is 6.20. The van der Waals surface area contributed by atoms with Gasteiger partial charge in [0.2, 0.25) is 5.91 Å². The molecule has 2 heterocycles. The second-order valence-electron chi connectivity index (χ2n) is 8.34. The van der Waals surface area contributed by atoms with Gasteiger partial charge in [-0.2, -0.15) is 0 Å². The SMILES string of the molecule is COc1cccc(C2c3[nH]c4ccccc4c3CCN2Cc2ccc(NC(C)=O)cc2)c1. The van der Waals surface area contributed by atoms with Gasteiger partial charge in [-0.3, -0.25) is 9.69 Å². The highest BCUT2D eigenvalue weighted by Gasteiger charge is 2.31. The second kappa shape index (κ2) is 8.52. The lowest BCUT2D eigenvalue weighted by Crippen LogP contribution is -2.35. The van der Waals surface area contributed by atoms with Crippen LogP contribution in [0.25, 0.3) is 10.9 Å². The summed E-state index contributed by atoms with van der Waals surface area (Å²) in [7, 11) is 1.71. The van der Waals surface area contributed by atoms with E-state index < -0.39 is 0 Å². The van der Waals surface area contributed by atoms with Crippen LogP contribution in [0.2, 0.25) is 0 Å². The van der Waals surface area contributed by atoms with Crippen molar-refractivity contribution in [2.45, 2.75) is 25.9 Å². The molecule has 5 heteroatoms. The first-order valence-electron chi connectivity index (χ1n) is 11.0. The number of anilines is 1. The minimum absolute atomic E-state index is 0.0572. The number of rotatable bonds is 5. The van der Waals surface area contributed by atoms with E-state index in [1.54, 1.807) is 7.11 Å². The number of para-hydroxylation sites is 1. The van der Waals surface area contributed by atoms with Crippen LogP contribution in [0, 0.1) is 0 Å². The molecule has 1 aromatic heterocycles. The van der Waals surface area contributed by atoms with E-state index in [0.29, 0.717) is 0 Å². The average Bonchev–Trinajstić information content (AvgIpc) is 3.18. The molecule has 0 saturated heterocycles. The van der Waals surface area contributed by atoms with Crippen LogP contribution in [0.15, 0.2) is 72.8 Å². The first-order valence-corrected chi connectivity index (χ1v) is 11.0. The predicted molar refractivity (Wildman–Crippen MR) is 128 cm³/mol. The van der Waals surface area contributed by atoms with Gasteiger partial charge >= 0.3 is 0 Å². The normalized spacial score (nSPS) is 16.0. The summed E-state index contributed by atoms with van der Waals surface area (Å²) in [6.45, 7) is 3.31. The third kappa shape index (κ3) is 3.87. The van der Waals surface area contributed by atoms with Crippen molar-refractivity contribution < 1.29 is 9.53 Å². The fourth-order valence-corrected chi connectivity index (χ4v) is 4.78. The van der Waals surface area contributed by atoms with Crippen LogP contribution in [-0.2, 0) is 17.8 Å². The molecule has 2 N–H and O–H groups in total. The summed E-state index contributed by atoms with van der Waals surface area (Å²) in [4.78, 5) is 17.6. The molecule has 32 heavy (non-hydrogen) atoms. The van der Waals surface area contributed by atoms with Crippen LogP contribution in [0.5, 0.6) is 5.75 Å². The minimum Gasteiger partial charge on any atom is -0.497 e. The molecule has 162 valence electrons. The molecular weight excluding hydrogens is 398 g/mol. The van der Waals surface area contributed by atoms with Crippen LogP contribution >= 0.6 is 0 Å². The number of carbonyl (C=O) groups excluding carboxylic acids is 1. The molecule has 1 atom stereocenters. The Balaban J connectivity index is 1.53. The van der Waals surface area contributed by atoms with Crippen LogP contribution in [0.3, 0.4) is 0 Å². The lowest BCUT2D eigenvalue weighted by Gasteiger charge is -2.36. The van der Waals surface area contributed by atoms with Crippen molar-refractivity contribution in [3.63, 3.8) is 0 Å². The molecular formula is C27H27N3O2. The van der Waals surface area contributed by atoms with Gasteiger partial charge in [0.05, 0.1) is 13.2 Å².